The highest BCUT2D eigenvalue weighted by Gasteiger charge is 2.12. The van der Waals surface area contributed by atoms with Crippen LogP contribution in [0.15, 0.2) is 34.4 Å². The van der Waals surface area contributed by atoms with E-state index in [0.717, 1.165) is 11.3 Å². The van der Waals surface area contributed by atoms with Crippen LogP contribution < -0.4 is 10.2 Å². The highest BCUT2D eigenvalue weighted by Crippen LogP contribution is 2.09. The van der Waals surface area contributed by atoms with Crippen LogP contribution in [0.1, 0.15) is 21.6 Å². The third-order valence-electron chi connectivity index (χ3n) is 2.65. The summed E-state index contributed by atoms with van der Waals surface area (Å²) < 4.78 is 0. The van der Waals surface area contributed by atoms with Gasteiger partial charge in [-0.05, 0) is 11.6 Å². The molecule has 0 spiro atoms. The molecule has 104 valence electrons. The molecule has 0 aliphatic rings. The third-order valence-corrected chi connectivity index (χ3v) is 3.36. The van der Waals surface area contributed by atoms with E-state index in [-0.39, 0.29) is 29.3 Å². The minimum atomic E-state index is -1.06. The number of carboxylic acid groups (broad SMARTS) is 1. The maximum absolute atomic E-state index is 11.8. The number of hydrogen-bond donors (Lipinski definition) is 3. The highest BCUT2D eigenvalue weighted by molar-refractivity contribution is 7.07. The van der Waals surface area contributed by atoms with Crippen LogP contribution in [-0.2, 0) is 17.8 Å². The molecule has 0 atom stereocenters. The lowest BCUT2D eigenvalue weighted by Crippen LogP contribution is -2.25. The normalized spacial score (nSPS) is 10.2. The minimum Gasteiger partial charge on any atom is -0.478 e. The zero-order chi connectivity index (χ0) is 14.5. The Morgan fingerprint density at radius 3 is 2.70 bits per heavy atom. The second-order valence-electron chi connectivity index (χ2n) is 4.09. The first-order valence-electron chi connectivity index (χ1n) is 5.81. The largest absolute Gasteiger partial charge is 0.478 e. The molecule has 6 nitrogen and oxygen atoms in total. The molecule has 1 heterocycles. The summed E-state index contributed by atoms with van der Waals surface area (Å²) in [7, 11) is 0. The summed E-state index contributed by atoms with van der Waals surface area (Å²) in [5, 5.41) is 13.3. The van der Waals surface area contributed by atoms with Gasteiger partial charge in [-0.15, -0.1) is 0 Å². The number of rotatable bonds is 5. The van der Waals surface area contributed by atoms with Crippen LogP contribution in [0.4, 0.5) is 0 Å². The standard InChI is InChI=1S/C13H12N2O4S/c16-11(14-6-9-7-20-13(19)15-9)5-8-3-1-2-4-10(8)12(17)18/h1-4,7H,5-6H2,(H,14,16)(H,15,19)(H,17,18). The van der Waals surface area contributed by atoms with Crippen LogP contribution in [0.2, 0.25) is 0 Å². The van der Waals surface area contributed by atoms with Gasteiger partial charge in [0.25, 0.3) is 0 Å². The Morgan fingerprint density at radius 1 is 1.30 bits per heavy atom. The maximum atomic E-state index is 11.8. The molecule has 20 heavy (non-hydrogen) atoms. The number of aromatic amines is 1. The van der Waals surface area contributed by atoms with E-state index in [9.17, 15) is 14.4 Å². The van der Waals surface area contributed by atoms with Crippen molar-refractivity contribution < 1.29 is 14.7 Å². The van der Waals surface area contributed by atoms with Crippen LogP contribution in [0.25, 0.3) is 0 Å². The minimum absolute atomic E-state index is 0.0170. The van der Waals surface area contributed by atoms with Crippen LogP contribution in [0, 0.1) is 0 Å². The second-order valence-corrected chi connectivity index (χ2v) is 4.93. The summed E-state index contributed by atoms with van der Waals surface area (Å²) in [6.45, 7) is 0.215. The monoisotopic (exact) mass is 292 g/mol. The van der Waals surface area contributed by atoms with Gasteiger partial charge in [0.2, 0.25) is 5.91 Å². The van der Waals surface area contributed by atoms with E-state index in [1.165, 1.54) is 6.07 Å². The van der Waals surface area contributed by atoms with E-state index < -0.39 is 5.97 Å². The first kappa shape index (κ1) is 14.0. The fourth-order valence-electron chi connectivity index (χ4n) is 1.71. The maximum Gasteiger partial charge on any atom is 0.335 e. The van der Waals surface area contributed by atoms with Gasteiger partial charge in [0.15, 0.2) is 0 Å². The molecular formula is C13H12N2O4S. The van der Waals surface area contributed by atoms with Crippen LogP contribution in [-0.4, -0.2) is 22.0 Å². The van der Waals surface area contributed by atoms with Gasteiger partial charge in [-0.1, -0.05) is 29.5 Å². The molecule has 7 heteroatoms. The SMILES string of the molecule is O=C(Cc1ccccc1C(=O)O)NCc1csc(=O)[nH]1. The molecule has 0 bridgehead atoms. The molecule has 1 aromatic heterocycles. The fraction of sp³-hybridized carbons (Fsp3) is 0.154. The number of hydrogen-bond acceptors (Lipinski definition) is 4. The summed E-state index contributed by atoms with van der Waals surface area (Å²) in [5.41, 5.74) is 1.20. The van der Waals surface area contributed by atoms with Crippen molar-refractivity contribution in [1.29, 1.82) is 0 Å². The number of carbonyl (C=O) groups is 2. The second kappa shape index (κ2) is 6.16. The smallest absolute Gasteiger partial charge is 0.335 e. The summed E-state index contributed by atoms with van der Waals surface area (Å²) in [6.07, 6.45) is -0.0170. The summed E-state index contributed by atoms with van der Waals surface area (Å²) >= 11 is 1.03. The molecule has 0 fully saturated rings. The predicted molar refractivity (Wildman–Crippen MR) is 73.9 cm³/mol. The number of carboxylic acids is 1. The van der Waals surface area contributed by atoms with E-state index in [0.29, 0.717) is 11.3 Å². The van der Waals surface area contributed by atoms with Gasteiger partial charge in [0.1, 0.15) is 0 Å². The fourth-order valence-corrected chi connectivity index (χ4v) is 2.29. The van der Waals surface area contributed by atoms with E-state index in [4.69, 9.17) is 5.11 Å². The van der Waals surface area contributed by atoms with Crippen molar-refractivity contribution in [3.05, 3.63) is 56.1 Å². The van der Waals surface area contributed by atoms with Gasteiger partial charge in [-0.2, -0.15) is 0 Å². The Kier molecular flexibility index (Phi) is 4.31. The van der Waals surface area contributed by atoms with Gasteiger partial charge < -0.3 is 15.4 Å². The number of carbonyl (C=O) groups excluding carboxylic acids is 1. The van der Waals surface area contributed by atoms with Gasteiger partial charge in [-0.25, -0.2) is 4.79 Å². The summed E-state index contributed by atoms with van der Waals surface area (Å²) in [4.78, 5) is 36.1. The molecular weight excluding hydrogens is 280 g/mol. The third kappa shape index (κ3) is 3.55. The molecule has 1 amide bonds. The Morgan fingerprint density at radius 2 is 2.05 bits per heavy atom. The van der Waals surface area contributed by atoms with Crippen molar-refractivity contribution in [2.75, 3.05) is 0 Å². The molecule has 0 aliphatic heterocycles. The topological polar surface area (TPSA) is 99.3 Å². The Hall–Kier alpha value is -2.41. The van der Waals surface area contributed by atoms with E-state index in [2.05, 4.69) is 10.3 Å². The Bertz CT molecular complexity index is 689. The van der Waals surface area contributed by atoms with Crippen LogP contribution >= 0.6 is 11.3 Å². The van der Waals surface area contributed by atoms with Crippen molar-refractivity contribution in [2.24, 2.45) is 0 Å². The number of aromatic nitrogens is 1. The summed E-state index contributed by atoms with van der Waals surface area (Å²) in [5.74, 6) is -1.36. The number of nitrogens with one attached hydrogen (secondary N) is 2. The van der Waals surface area contributed by atoms with Crippen molar-refractivity contribution in [2.45, 2.75) is 13.0 Å². The number of H-pyrrole nitrogens is 1. The molecule has 0 radical (unpaired) electrons. The van der Waals surface area contributed by atoms with Crippen molar-refractivity contribution in [1.82, 2.24) is 10.3 Å². The van der Waals surface area contributed by atoms with E-state index >= 15 is 0 Å². The van der Waals surface area contributed by atoms with Crippen LogP contribution in [0.5, 0.6) is 0 Å². The molecule has 2 rings (SSSR count). The molecule has 0 saturated heterocycles. The molecule has 1 aromatic carbocycles. The van der Waals surface area contributed by atoms with Crippen LogP contribution in [0.3, 0.4) is 0 Å². The highest BCUT2D eigenvalue weighted by atomic mass is 32.1. The van der Waals surface area contributed by atoms with Crippen molar-refractivity contribution >= 4 is 23.2 Å². The first-order chi connectivity index (χ1) is 9.56. The lowest BCUT2D eigenvalue weighted by molar-refractivity contribution is -0.120. The average Bonchev–Trinajstić information content (AvgIpc) is 2.83. The molecule has 0 saturated carbocycles. The Balaban J connectivity index is 1.98. The Labute approximate surface area is 118 Å². The van der Waals surface area contributed by atoms with Gasteiger partial charge in [0.05, 0.1) is 18.5 Å². The first-order valence-corrected chi connectivity index (χ1v) is 6.69. The number of thiazole rings is 1. The molecule has 0 unspecified atom stereocenters. The number of amides is 1. The van der Waals surface area contributed by atoms with Crippen molar-refractivity contribution in [3.63, 3.8) is 0 Å². The quantitative estimate of drug-likeness (QED) is 0.765. The lowest BCUT2D eigenvalue weighted by atomic mass is 10.0. The molecule has 2 aromatic rings. The van der Waals surface area contributed by atoms with Crippen molar-refractivity contribution in [3.8, 4) is 0 Å². The molecule has 3 N–H and O–H groups in total. The predicted octanol–water partition coefficient (Wildman–Crippen LogP) is 0.994. The average molecular weight is 292 g/mol. The number of benzene rings is 1. The zero-order valence-corrected chi connectivity index (χ0v) is 11.2. The van der Waals surface area contributed by atoms with Gasteiger partial charge in [0, 0.05) is 11.1 Å². The lowest BCUT2D eigenvalue weighted by Gasteiger charge is -2.06. The zero-order valence-electron chi connectivity index (χ0n) is 10.4. The van der Waals surface area contributed by atoms with E-state index in [1.807, 2.05) is 0 Å². The van der Waals surface area contributed by atoms with Gasteiger partial charge in [-0.3, -0.25) is 9.59 Å². The van der Waals surface area contributed by atoms with Gasteiger partial charge >= 0.3 is 10.8 Å². The number of aromatic carboxylic acids is 1. The van der Waals surface area contributed by atoms with E-state index in [1.54, 1.807) is 23.6 Å². The summed E-state index contributed by atoms with van der Waals surface area (Å²) in [6, 6.07) is 6.36. The molecule has 0 aliphatic carbocycles.